The van der Waals surface area contributed by atoms with Gasteiger partial charge in [-0.05, 0) is 30.3 Å². The maximum atomic E-state index is 12.5. The number of ether oxygens (including phenoxy) is 1. The molecule has 0 aliphatic carbocycles. The van der Waals surface area contributed by atoms with Crippen LogP contribution in [0.1, 0.15) is 5.56 Å². The molecule has 0 spiro atoms. The smallest absolute Gasteiger partial charge is 0.416 e. The van der Waals surface area contributed by atoms with E-state index in [4.69, 9.17) is 10.5 Å². The van der Waals surface area contributed by atoms with Crippen LogP contribution in [0.2, 0.25) is 0 Å². The first-order valence-corrected chi connectivity index (χ1v) is 6.73. The lowest BCUT2D eigenvalue weighted by Crippen LogP contribution is -2.23. The molecule has 0 radical (unpaired) electrons. The van der Waals surface area contributed by atoms with Crippen molar-refractivity contribution >= 4 is 11.4 Å². The Morgan fingerprint density at radius 2 is 1.77 bits per heavy atom. The van der Waals surface area contributed by atoms with Crippen molar-refractivity contribution in [3.63, 3.8) is 0 Å². The predicted molar refractivity (Wildman–Crippen MR) is 81.1 cm³/mol. The monoisotopic (exact) mass is 310 g/mol. The van der Waals surface area contributed by atoms with Crippen molar-refractivity contribution in [2.75, 3.05) is 30.8 Å². The Bertz CT molecular complexity index is 615. The summed E-state index contributed by atoms with van der Waals surface area (Å²) in [5, 5.41) is 0. The maximum Gasteiger partial charge on any atom is 0.416 e. The number of para-hydroxylation sites is 1. The second-order valence-corrected chi connectivity index (χ2v) is 4.86. The summed E-state index contributed by atoms with van der Waals surface area (Å²) < 4.78 is 43.1. The zero-order valence-corrected chi connectivity index (χ0v) is 12.1. The largest absolute Gasteiger partial charge is 0.490 e. The van der Waals surface area contributed by atoms with Gasteiger partial charge in [0.25, 0.3) is 0 Å². The molecule has 2 N–H and O–H groups in total. The van der Waals surface area contributed by atoms with Gasteiger partial charge in [0.1, 0.15) is 12.4 Å². The minimum Gasteiger partial charge on any atom is -0.490 e. The van der Waals surface area contributed by atoms with Gasteiger partial charge in [-0.15, -0.1) is 0 Å². The van der Waals surface area contributed by atoms with Crippen LogP contribution in [0.25, 0.3) is 0 Å². The zero-order valence-electron chi connectivity index (χ0n) is 12.1. The molecule has 0 saturated heterocycles. The Morgan fingerprint density at radius 1 is 1.09 bits per heavy atom. The third kappa shape index (κ3) is 4.07. The molecule has 118 valence electrons. The first-order valence-electron chi connectivity index (χ1n) is 6.73. The highest BCUT2D eigenvalue weighted by Crippen LogP contribution is 2.33. The van der Waals surface area contributed by atoms with Gasteiger partial charge >= 0.3 is 6.18 Å². The summed E-state index contributed by atoms with van der Waals surface area (Å²) in [4.78, 5) is 1.99. The van der Waals surface area contributed by atoms with Crippen LogP contribution in [0.15, 0.2) is 48.5 Å². The molecule has 0 aliphatic heterocycles. The number of nitrogens with two attached hydrogens (primary N) is 1. The first kappa shape index (κ1) is 16.0. The fourth-order valence-electron chi connectivity index (χ4n) is 1.96. The fraction of sp³-hybridized carbons (Fsp3) is 0.250. The van der Waals surface area contributed by atoms with Crippen LogP contribution in [0.4, 0.5) is 24.5 Å². The number of benzene rings is 2. The standard InChI is InChI=1S/C16H17F3N2O/c1-21(13-5-3-2-4-6-13)9-10-22-15-8-7-12(11-14(15)20)16(17,18)19/h2-8,11H,9-10,20H2,1H3. The second-order valence-electron chi connectivity index (χ2n) is 4.86. The summed E-state index contributed by atoms with van der Waals surface area (Å²) in [6.45, 7) is 0.908. The van der Waals surface area contributed by atoms with Gasteiger partial charge in [0.2, 0.25) is 0 Å². The summed E-state index contributed by atoms with van der Waals surface area (Å²) in [5.74, 6) is 0.259. The minimum atomic E-state index is -4.40. The molecule has 6 heteroatoms. The molecule has 2 rings (SSSR count). The fourth-order valence-corrected chi connectivity index (χ4v) is 1.96. The maximum absolute atomic E-state index is 12.5. The lowest BCUT2D eigenvalue weighted by molar-refractivity contribution is -0.137. The molecule has 2 aromatic carbocycles. The van der Waals surface area contributed by atoms with Crippen LogP contribution in [-0.4, -0.2) is 20.2 Å². The van der Waals surface area contributed by atoms with Crippen LogP contribution in [-0.2, 0) is 6.18 Å². The molecular formula is C16H17F3N2O. The van der Waals surface area contributed by atoms with E-state index in [1.165, 1.54) is 6.07 Å². The van der Waals surface area contributed by atoms with Gasteiger partial charge in [0.05, 0.1) is 17.8 Å². The number of rotatable bonds is 5. The molecule has 0 unspecified atom stereocenters. The molecule has 0 saturated carbocycles. The van der Waals surface area contributed by atoms with E-state index in [9.17, 15) is 13.2 Å². The van der Waals surface area contributed by atoms with Gasteiger partial charge in [0, 0.05) is 12.7 Å². The highest BCUT2D eigenvalue weighted by atomic mass is 19.4. The number of nitrogens with zero attached hydrogens (tertiary/aromatic N) is 1. The van der Waals surface area contributed by atoms with Crippen molar-refractivity contribution in [2.24, 2.45) is 0 Å². The Morgan fingerprint density at radius 3 is 2.36 bits per heavy atom. The van der Waals surface area contributed by atoms with Crippen LogP contribution in [0.3, 0.4) is 0 Å². The number of hydrogen-bond acceptors (Lipinski definition) is 3. The lowest BCUT2D eigenvalue weighted by Gasteiger charge is -2.20. The average Bonchev–Trinajstić information content (AvgIpc) is 2.48. The molecular weight excluding hydrogens is 293 g/mol. The van der Waals surface area contributed by atoms with E-state index in [2.05, 4.69) is 0 Å². The lowest BCUT2D eigenvalue weighted by atomic mass is 10.2. The summed E-state index contributed by atoms with van der Waals surface area (Å²) in [6.07, 6.45) is -4.40. The van der Waals surface area contributed by atoms with Crippen LogP contribution in [0.5, 0.6) is 5.75 Å². The van der Waals surface area contributed by atoms with E-state index in [0.717, 1.165) is 17.8 Å². The Hall–Kier alpha value is -2.37. The SMILES string of the molecule is CN(CCOc1ccc(C(F)(F)F)cc1N)c1ccccc1. The summed E-state index contributed by atoms with van der Waals surface area (Å²) >= 11 is 0. The third-order valence-corrected chi connectivity index (χ3v) is 3.22. The predicted octanol–water partition coefficient (Wildman–Crippen LogP) is 3.80. The van der Waals surface area contributed by atoms with Crippen LogP contribution < -0.4 is 15.4 Å². The molecule has 3 nitrogen and oxygen atoms in total. The van der Waals surface area contributed by atoms with Gasteiger partial charge < -0.3 is 15.4 Å². The number of nitrogen functional groups attached to an aromatic ring is 1. The number of likely N-dealkylation sites (N-methyl/N-ethyl adjacent to an activating group) is 1. The molecule has 22 heavy (non-hydrogen) atoms. The molecule has 0 bridgehead atoms. The Balaban J connectivity index is 1.92. The molecule has 0 amide bonds. The van der Waals surface area contributed by atoms with Crippen molar-refractivity contribution in [1.29, 1.82) is 0 Å². The first-order chi connectivity index (χ1) is 10.4. The normalized spacial score (nSPS) is 11.3. The van der Waals surface area contributed by atoms with E-state index in [1.54, 1.807) is 0 Å². The van der Waals surface area contributed by atoms with E-state index in [-0.39, 0.29) is 11.4 Å². The van der Waals surface area contributed by atoms with Crippen LogP contribution >= 0.6 is 0 Å². The Kier molecular flexibility index (Phi) is 4.80. The Labute approximate surface area is 127 Å². The number of anilines is 2. The summed E-state index contributed by atoms with van der Waals surface area (Å²) in [6, 6.07) is 12.8. The molecule has 2 aromatic rings. The van der Waals surface area contributed by atoms with E-state index >= 15 is 0 Å². The van der Waals surface area contributed by atoms with Gasteiger partial charge in [0.15, 0.2) is 0 Å². The molecule has 0 aromatic heterocycles. The van der Waals surface area contributed by atoms with Gasteiger partial charge in [-0.3, -0.25) is 0 Å². The highest BCUT2D eigenvalue weighted by Gasteiger charge is 2.30. The number of hydrogen-bond donors (Lipinski definition) is 1. The topological polar surface area (TPSA) is 38.5 Å². The molecule has 0 fully saturated rings. The van der Waals surface area contributed by atoms with Crippen molar-refractivity contribution in [1.82, 2.24) is 0 Å². The molecule has 0 aliphatic rings. The highest BCUT2D eigenvalue weighted by molar-refractivity contribution is 5.54. The second kappa shape index (κ2) is 6.60. The van der Waals surface area contributed by atoms with Gasteiger partial charge in [-0.25, -0.2) is 0 Å². The molecule has 0 heterocycles. The summed E-state index contributed by atoms with van der Waals surface area (Å²) in [5.41, 5.74) is 5.85. The quantitative estimate of drug-likeness (QED) is 0.854. The van der Waals surface area contributed by atoms with Crippen molar-refractivity contribution in [2.45, 2.75) is 6.18 Å². The van der Waals surface area contributed by atoms with Gasteiger partial charge in [-0.1, -0.05) is 18.2 Å². The zero-order chi connectivity index (χ0) is 16.2. The van der Waals surface area contributed by atoms with Gasteiger partial charge in [-0.2, -0.15) is 13.2 Å². The van der Waals surface area contributed by atoms with E-state index < -0.39 is 11.7 Å². The minimum absolute atomic E-state index is 0.0165. The van der Waals surface area contributed by atoms with E-state index in [0.29, 0.717) is 13.2 Å². The van der Waals surface area contributed by atoms with Crippen LogP contribution in [0, 0.1) is 0 Å². The van der Waals surface area contributed by atoms with Crippen molar-refractivity contribution < 1.29 is 17.9 Å². The average molecular weight is 310 g/mol. The van der Waals surface area contributed by atoms with Crippen molar-refractivity contribution in [3.8, 4) is 5.75 Å². The number of alkyl halides is 3. The third-order valence-electron chi connectivity index (χ3n) is 3.22. The number of halogens is 3. The molecule has 0 atom stereocenters. The van der Waals surface area contributed by atoms with E-state index in [1.807, 2.05) is 42.3 Å². The van der Waals surface area contributed by atoms with Crippen molar-refractivity contribution in [3.05, 3.63) is 54.1 Å². The summed E-state index contributed by atoms with van der Waals surface area (Å²) in [7, 11) is 1.91.